The Bertz CT molecular complexity index is 1500. The van der Waals surface area contributed by atoms with Gasteiger partial charge in [0.25, 0.3) is 0 Å². The smallest absolute Gasteiger partial charge is 0.326 e. The molecule has 1 aromatic heterocycles. The van der Waals surface area contributed by atoms with Crippen molar-refractivity contribution in [2.45, 2.75) is 12.8 Å². The molecule has 1 unspecified atom stereocenters. The Morgan fingerprint density at radius 1 is 0.875 bits per heavy atom. The molecular formula is C29H29N7O4. The molecule has 4 N–H and O–H groups in total. The second-order valence-electron chi connectivity index (χ2n) is 9.22. The van der Waals surface area contributed by atoms with Gasteiger partial charge in [-0.2, -0.15) is 15.0 Å². The van der Waals surface area contributed by atoms with Gasteiger partial charge in [0.1, 0.15) is 5.75 Å². The lowest BCUT2D eigenvalue weighted by molar-refractivity contribution is -0.141. The predicted molar refractivity (Wildman–Crippen MR) is 153 cm³/mol. The molecule has 4 aromatic rings. The largest absolute Gasteiger partial charge is 0.495 e. The van der Waals surface area contributed by atoms with Crippen LogP contribution in [0.1, 0.15) is 12.8 Å². The number of piperidine rings is 1. The molecule has 0 radical (unpaired) electrons. The molecule has 40 heavy (non-hydrogen) atoms. The molecule has 0 spiro atoms. The highest BCUT2D eigenvalue weighted by molar-refractivity contribution is 5.99. The summed E-state index contributed by atoms with van der Waals surface area (Å²) in [6.45, 7) is 0.840. The molecule has 5 rings (SSSR count). The molecule has 0 bridgehead atoms. The van der Waals surface area contributed by atoms with Crippen molar-refractivity contribution in [2.75, 3.05) is 41.0 Å². The number of ether oxygens (including phenoxy) is 1. The van der Waals surface area contributed by atoms with E-state index in [0.29, 0.717) is 30.8 Å². The van der Waals surface area contributed by atoms with E-state index in [1.807, 2.05) is 59.5 Å². The number of rotatable bonds is 8. The van der Waals surface area contributed by atoms with Crippen molar-refractivity contribution in [1.82, 2.24) is 15.0 Å². The van der Waals surface area contributed by atoms with Crippen LogP contribution in [0.2, 0.25) is 0 Å². The monoisotopic (exact) mass is 539 g/mol. The van der Waals surface area contributed by atoms with Gasteiger partial charge in [0.2, 0.25) is 17.8 Å². The average Bonchev–Trinajstić information content (AvgIpc) is 2.98. The van der Waals surface area contributed by atoms with E-state index in [0.717, 1.165) is 16.8 Å². The summed E-state index contributed by atoms with van der Waals surface area (Å²) in [7, 11) is 1.52. The van der Waals surface area contributed by atoms with Crippen LogP contribution in [-0.2, 0) is 4.79 Å². The lowest BCUT2D eigenvalue weighted by atomic mass is 9.99. The van der Waals surface area contributed by atoms with Gasteiger partial charge in [0.15, 0.2) is 0 Å². The third-order valence-corrected chi connectivity index (χ3v) is 6.52. The van der Waals surface area contributed by atoms with Gasteiger partial charge in [-0.1, -0.05) is 60.7 Å². The van der Waals surface area contributed by atoms with Gasteiger partial charge < -0.3 is 25.4 Å². The van der Waals surface area contributed by atoms with Crippen molar-refractivity contribution >= 4 is 41.2 Å². The van der Waals surface area contributed by atoms with E-state index in [1.165, 1.54) is 7.11 Å². The van der Waals surface area contributed by atoms with Gasteiger partial charge in [0.05, 0.1) is 18.7 Å². The second-order valence-corrected chi connectivity index (χ2v) is 9.22. The number of carbonyl (C=O) groups is 2. The number of urea groups is 1. The van der Waals surface area contributed by atoms with Crippen LogP contribution in [0.5, 0.6) is 5.75 Å². The first-order chi connectivity index (χ1) is 19.5. The zero-order chi connectivity index (χ0) is 27.9. The SMILES string of the molecule is COc1ccccc1NC(=O)Nc1nc(Nc2ccccc2-c2ccccc2)nc(N2CCCC(C(=O)O)C2)n1. The molecule has 1 aliphatic rings. The molecular weight excluding hydrogens is 510 g/mol. The molecule has 0 aliphatic carbocycles. The summed E-state index contributed by atoms with van der Waals surface area (Å²) in [6.07, 6.45) is 1.26. The number of hydrogen-bond acceptors (Lipinski definition) is 8. The first kappa shape index (κ1) is 26.4. The Balaban J connectivity index is 1.46. The first-order valence-electron chi connectivity index (χ1n) is 12.9. The number of anilines is 5. The fourth-order valence-corrected chi connectivity index (χ4v) is 4.56. The third kappa shape index (κ3) is 6.26. The lowest BCUT2D eigenvalue weighted by Gasteiger charge is -2.30. The van der Waals surface area contributed by atoms with Crippen molar-refractivity contribution in [2.24, 2.45) is 5.92 Å². The van der Waals surface area contributed by atoms with Crippen LogP contribution in [0.25, 0.3) is 11.1 Å². The number of para-hydroxylation sites is 3. The van der Waals surface area contributed by atoms with Crippen LogP contribution in [0, 0.1) is 5.92 Å². The third-order valence-electron chi connectivity index (χ3n) is 6.52. The normalized spacial score (nSPS) is 14.7. The van der Waals surface area contributed by atoms with Gasteiger partial charge in [-0.15, -0.1) is 0 Å². The number of carbonyl (C=O) groups excluding carboxylic acids is 1. The first-order valence-corrected chi connectivity index (χ1v) is 12.9. The highest BCUT2D eigenvalue weighted by atomic mass is 16.5. The number of carboxylic acid groups (broad SMARTS) is 1. The van der Waals surface area contributed by atoms with Crippen molar-refractivity contribution < 1.29 is 19.4 Å². The molecule has 1 saturated heterocycles. The Morgan fingerprint density at radius 3 is 2.35 bits per heavy atom. The van der Waals surface area contributed by atoms with Gasteiger partial charge in [-0.25, -0.2) is 4.79 Å². The van der Waals surface area contributed by atoms with Crippen LogP contribution in [0.3, 0.4) is 0 Å². The minimum absolute atomic E-state index is 0.00883. The summed E-state index contributed by atoms with van der Waals surface area (Å²) >= 11 is 0. The molecule has 204 valence electrons. The number of benzene rings is 3. The topological polar surface area (TPSA) is 142 Å². The van der Waals surface area contributed by atoms with Crippen LogP contribution in [-0.4, -0.2) is 52.3 Å². The maximum absolute atomic E-state index is 12.9. The fourth-order valence-electron chi connectivity index (χ4n) is 4.56. The van der Waals surface area contributed by atoms with Crippen molar-refractivity contribution in [3.05, 3.63) is 78.9 Å². The zero-order valence-corrected chi connectivity index (χ0v) is 21.9. The molecule has 2 heterocycles. The average molecular weight is 540 g/mol. The minimum Gasteiger partial charge on any atom is -0.495 e. The summed E-state index contributed by atoms with van der Waals surface area (Å²) in [4.78, 5) is 39.9. The highest BCUT2D eigenvalue weighted by Gasteiger charge is 2.28. The summed E-state index contributed by atoms with van der Waals surface area (Å²) in [5.41, 5.74) is 3.19. The van der Waals surface area contributed by atoms with Crippen molar-refractivity contribution in [1.29, 1.82) is 0 Å². The van der Waals surface area contributed by atoms with E-state index in [2.05, 4.69) is 30.9 Å². The van der Waals surface area contributed by atoms with Gasteiger partial charge in [0, 0.05) is 24.3 Å². The van der Waals surface area contributed by atoms with Crippen molar-refractivity contribution in [3.63, 3.8) is 0 Å². The van der Waals surface area contributed by atoms with E-state index >= 15 is 0 Å². The van der Waals surface area contributed by atoms with Crippen LogP contribution >= 0.6 is 0 Å². The number of carboxylic acids is 1. The predicted octanol–water partition coefficient (Wildman–Crippen LogP) is 5.24. The van der Waals surface area contributed by atoms with E-state index in [-0.39, 0.29) is 24.4 Å². The Hall–Kier alpha value is -5.19. The molecule has 0 saturated carbocycles. The highest BCUT2D eigenvalue weighted by Crippen LogP contribution is 2.30. The maximum Gasteiger partial charge on any atom is 0.326 e. The Labute approximate surface area is 231 Å². The number of hydrogen-bond donors (Lipinski definition) is 4. The van der Waals surface area contributed by atoms with Crippen LogP contribution in [0.4, 0.5) is 34.0 Å². The van der Waals surface area contributed by atoms with Crippen LogP contribution < -0.4 is 25.6 Å². The Morgan fingerprint density at radius 2 is 1.57 bits per heavy atom. The van der Waals surface area contributed by atoms with E-state index < -0.39 is 17.9 Å². The quantitative estimate of drug-likeness (QED) is 0.237. The molecule has 1 atom stereocenters. The van der Waals surface area contributed by atoms with E-state index in [9.17, 15) is 14.7 Å². The number of nitrogens with zero attached hydrogens (tertiary/aromatic N) is 4. The summed E-state index contributed by atoms with van der Waals surface area (Å²) < 4.78 is 5.31. The molecule has 11 nitrogen and oxygen atoms in total. The minimum atomic E-state index is -0.858. The molecule has 11 heteroatoms. The summed E-state index contributed by atoms with van der Waals surface area (Å²) in [6, 6.07) is 24.1. The van der Waals surface area contributed by atoms with Gasteiger partial charge >= 0.3 is 12.0 Å². The molecule has 3 aromatic carbocycles. The van der Waals surface area contributed by atoms with E-state index in [4.69, 9.17) is 4.74 Å². The Kier molecular flexibility index (Phi) is 8.00. The number of aromatic nitrogens is 3. The lowest BCUT2D eigenvalue weighted by Crippen LogP contribution is -2.40. The van der Waals surface area contributed by atoms with Crippen LogP contribution in [0.15, 0.2) is 78.9 Å². The molecule has 1 fully saturated rings. The summed E-state index contributed by atoms with van der Waals surface area (Å²) in [5, 5.41) is 18.3. The van der Waals surface area contributed by atoms with Gasteiger partial charge in [-0.3, -0.25) is 10.1 Å². The standard InChI is InChI=1S/C29H29N7O4/c1-40-24-16-8-7-15-23(24)31-29(39)35-27-32-26(33-28(34-27)36-17-9-12-20(18-36)25(37)38)30-22-14-6-5-13-21(22)19-10-3-2-4-11-19/h2-8,10-11,13-16,20H,9,12,17-18H2,1H3,(H,37,38)(H3,30,31,32,33,34,35,39). The number of aliphatic carboxylic acids is 1. The maximum atomic E-state index is 12.9. The number of nitrogens with one attached hydrogen (secondary N) is 3. The second kappa shape index (κ2) is 12.1. The summed E-state index contributed by atoms with van der Waals surface area (Å²) in [5.74, 6) is -0.405. The zero-order valence-electron chi connectivity index (χ0n) is 21.9. The van der Waals surface area contributed by atoms with Gasteiger partial charge in [-0.05, 0) is 36.6 Å². The molecule has 1 aliphatic heterocycles. The van der Waals surface area contributed by atoms with Crippen molar-refractivity contribution in [3.8, 4) is 16.9 Å². The van der Waals surface area contributed by atoms with E-state index in [1.54, 1.807) is 24.3 Å². The number of methoxy groups -OCH3 is 1. The number of amides is 2. The molecule has 2 amide bonds. The fraction of sp³-hybridized carbons (Fsp3) is 0.207.